The second-order valence-corrected chi connectivity index (χ2v) is 3.37. The number of hydrogen-bond donors (Lipinski definition) is 0. The Morgan fingerprint density at radius 3 is 2.58 bits per heavy atom. The molecule has 1 aromatic carbocycles. The summed E-state index contributed by atoms with van der Waals surface area (Å²) in [5.41, 5.74) is 4.25. The lowest BCUT2D eigenvalue weighted by Gasteiger charge is -2.00. The molecule has 0 aromatic heterocycles. The average Bonchev–Trinajstić information content (AvgIpc) is 2.16. The van der Waals surface area contributed by atoms with Gasteiger partial charge < -0.3 is 0 Å². The summed E-state index contributed by atoms with van der Waals surface area (Å²) in [6.07, 6.45) is 3.00. The average molecular weight is 176 g/mol. The third kappa shape index (κ3) is 2.61. The molecule has 0 nitrogen and oxygen atoms in total. The van der Waals surface area contributed by atoms with Gasteiger partial charge in [0.25, 0.3) is 0 Å². The molecule has 1 rings (SSSR count). The van der Waals surface area contributed by atoms with E-state index in [-0.39, 0.29) is 0 Å². The minimum absolute atomic E-state index is 0.950. The molecule has 0 aliphatic heterocycles. The van der Waals surface area contributed by atoms with E-state index in [0.29, 0.717) is 0 Å². The molecular weight excluding hydrogens is 164 g/mol. The van der Waals surface area contributed by atoms with E-state index in [0.717, 1.165) is 6.42 Å². The van der Waals surface area contributed by atoms with Gasteiger partial charge in [-0.05, 0) is 11.8 Å². The lowest BCUT2D eigenvalue weighted by Crippen LogP contribution is -1.83. The van der Waals surface area contributed by atoms with Gasteiger partial charge in [0.15, 0.2) is 0 Å². The first kappa shape index (κ1) is 9.18. The van der Waals surface area contributed by atoms with Crippen LogP contribution in [0.5, 0.6) is 0 Å². The van der Waals surface area contributed by atoms with Gasteiger partial charge in [0.2, 0.25) is 0 Å². The molecule has 1 heteroatoms. The smallest absolute Gasteiger partial charge is 0.0300 e. The molecule has 0 fully saturated rings. The molecule has 0 N–H and O–H groups in total. The molecule has 0 spiro atoms. The zero-order valence-electron chi connectivity index (χ0n) is 7.21. The number of thioether (sulfide) groups is 1. The Morgan fingerprint density at radius 2 is 2.08 bits per heavy atom. The lowest BCUT2D eigenvalue weighted by molar-refractivity contribution is 1.25. The number of allylic oxidation sites excluding steroid dienone is 1. The Morgan fingerprint density at radius 1 is 1.42 bits per heavy atom. The van der Waals surface area contributed by atoms with Gasteiger partial charge >= 0.3 is 0 Å². The predicted molar refractivity (Wildman–Crippen MR) is 56.3 cm³/mol. The van der Waals surface area contributed by atoms with Gasteiger partial charge in [-0.25, -0.2) is 0 Å². The summed E-state index contributed by atoms with van der Waals surface area (Å²) in [4.78, 5) is 1.20. The van der Waals surface area contributed by atoms with E-state index in [4.69, 9.17) is 0 Å². The van der Waals surface area contributed by atoms with Crippen molar-refractivity contribution in [1.82, 2.24) is 0 Å². The molecule has 1 aromatic rings. The molecule has 0 amide bonds. The van der Waals surface area contributed by atoms with Crippen LogP contribution in [0.1, 0.15) is 5.56 Å². The Labute approximate surface area is 78.0 Å². The van der Waals surface area contributed by atoms with Crippen LogP contribution < -0.4 is 0 Å². The normalized spacial score (nSPS) is 9.08. The third-order valence-corrected chi connectivity index (χ3v) is 2.43. The molecule has 0 aliphatic rings. The first-order valence-corrected chi connectivity index (χ1v) is 5.06. The number of benzene rings is 1. The van der Waals surface area contributed by atoms with E-state index < -0.39 is 0 Å². The number of rotatable bonds is 3. The van der Waals surface area contributed by atoms with Gasteiger partial charge in [0.1, 0.15) is 0 Å². The van der Waals surface area contributed by atoms with Crippen molar-refractivity contribution in [2.45, 2.75) is 6.42 Å². The highest BCUT2D eigenvalue weighted by molar-refractivity contribution is 8.02. The second kappa shape index (κ2) is 4.87. The quantitative estimate of drug-likeness (QED) is 0.637. The largest absolute Gasteiger partial charge is 0.125 e. The lowest BCUT2D eigenvalue weighted by atomic mass is 10.1. The molecule has 0 saturated carbocycles. The summed E-state index contributed by atoms with van der Waals surface area (Å²) in [6, 6.07) is 10.4. The zero-order valence-corrected chi connectivity index (χ0v) is 8.03. The van der Waals surface area contributed by atoms with Crippen molar-refractivity contribution in [3.8, 4) is 0 Å². The van der Waals surface area contributed by atoms with Crippen molar-refractivity contribution in [1.29, 1.82) is 0 Å². The Kier molecular flexibility index (Phi) is 3.72. The monoisotopic (exact) mass is 176 g/mol. The van der Waals surface area contributed by atoms with Crippen LogP contribution >= 0.6 is 11.8 Å². The van der Waals surface area contributed by atoms with Gasteiger partial charge in [-0.2, -0.15) is 0 Å². The van der Waals surface area contributed by atoms with Crippen LogP contribution in [0.25, 0.3) is 0 Å². The molecule has 0 atom stereocenters. The van der Waals surface area contributed by atoms with E-state index in [9.17, 15) is 0 Å². The molecule has 0 bridgehead atoms. The van der Waals surface area contributed by atoms with Crippen molar-refractivity contribution in [3.63, 3.8) is 0 Å². The van der Waals surface area contributed by atoms with Crippen LogP contribution in [0.15, 0.2) is 47.5 Å². The Hall–Kier alpha value is -0.910. The minimum Gasteiger partial charge on any atom is -0.125 e. The highest BCUT2D eigenvalue weighted by Gasteiger charge is 1.95. The molecule has 0 radical (unpaired) electrons. The van der Waals surface area contributed by atoms with Crippen LogP contribution in [-0.2, 0) is 6.42 Å². The highest BCUT2D eigenvalue weighted by atomic mass is 32.2. The molecule has 12 heavy (non-hydrogen) atoms. The van der Waals surface area contributed by atoms with E-state index in [1.54, 1.807) is 11.8 Å². The topological polar surface area (TPSA) is 0 Å². The summed E-state index contributed by atoms with van der Waals surface area (Å²) in [5.74, 6) is 0. The highest BCUT2D eigenvalue weighted by Crippen LogP contribution is 2.15. The third-order valence-electron chi connectivity index (χ3n) is 1.65. The summed E-state index contributed by atoms with van der Waals surface area (Å²) in [7, 11) is 0. The molecular formula is C11H12S. The number of hydrogen-bond acceptors (Lipinski definition) is 1. The minimum atomic E-state index is 0.950. The van der Waals surface area contributed by atoms with Crippen molar-refractivity contribution in [3.05, 3.63) is 53.1 Å². The maximum Gasteiger partial charge on any atom is 0.0300 e. The summed E-state index contributed by atoms with van der Waals surface area (Å²) < 4.78 is 0. The van der Waals surface area contributed by atoms with Crippen molar-refractivity contribution in [2.75, 3.05) is 6.26 Å². The van der Waals surface area contributed by atoms with Gasteiger partial charge in [-0.3, -0.25) is 0 Å². The Balaban J connectivity index is 2.70. The zero-order chi connectivity index (χ0) is 8.81. The fourth-order valence-corrected chi connectivity index (χ4v) is 1.44. The predicted octanol–water partition coefficient (Wildman–Crippen LogP) is 3.26. The SMILES string of the molecule is C=C=C(Cc1ccccc1)SC. The van der Waals surface area contributed by atoms with E-state index in [1.807, 2.05) is 6.07 Å². The van der Waals surface area contributed by atoms with Gasteiger partial charge in [0, 0.05) is 11.3 Å². The van der Waals surface area contributed by atoms with Crippen LogP contribution in [0, 0.1) is 0 Å². The van der Waals surface area contributed by atoms with Gasteiger partial charge in [-0.15, -0.1) is 17.5 Å². The second-order valence-electron chi connectivity index (χ2n) is 2.47. The molecule has 0 saturated heterocycles. The molecule has 62 valence electrons. The summed E-state index contributed by atoms with van der Waals surface area (Å²) in [6.45, 7) is 3.65. The van der Waals surface area contributed by atoms with Crippen molar-refractivity contribution < 1.29 is 0 Å². The summed E-state index contributed by atoms with van der Waals surface area (Å²) >= 11 is 1.71. The van der Waals surface area contributed by atoms with Gasteiger partial charge in [-0.1, -0.05) is 36.9 Å². The maximum absolute atomic E-state index is 3.65. The fraction of sp³-hybridized carbons (Fsp3) is 0.182. The van der Waals surface area contributed by atoms with Crippen LogP contribution in [0.4, 0.5) is 0 Å². The van der Waals surface area contributed by atoms with Gasteiger partial charge in [0.05, 0.1) is 0 Å². The van der Waals surface area contributed by atoms with E-state index in [1.165, 1.54) is 10.5 Å². The maximum atomic E-state index is 3.65. The van der Waals surface area contributed by atoms with Crippen LogP contribution in [0.3, 0.4) is 0 Å². The standard InChI is InChI=1S/C11H12S/c1-3-11(12-2)9-10-7-5-4-6-8-10/h4-8H,1,9H2,2H3. The van der Waals surface area contributed by atoms with E-state index >= 15 is 0 Å². The summed E-state index contributed by atoms with van der Waals surface area (Å²) in [5, 5.41) is 0. The molecule has 0 unspecified atom stereocenters. The fourth-order valence-electron chi connectivity index (χ4n) is 0.988. The molecule has 0 aliphatic carbocycles. The van der Waals surface area contributed by atoms with E-state index in [2.05, 4.69) is 42.8 Å². The molecule has 0 heterocycles. The first-order chi connectivity index (χ1) is 5.86. The van der Waals surface area contributed by atoms with Crippen LogP contribution in [0.2, 0.25) is 0 Å². The van der Waals surface area contributed by atoms with Crippen LogP contribution in [-0.4, -0.2) is 6.26 Å². The first-order valence-electron chi connectivity index (χ1n) is 3.83. The Bertz CT molecular complexity index is 281. The van der Waals surface area contributed by atoms with Crippen molar-refractivity contribution in [2.24, 2.45) is 0 Å². The van der Waals surface area contributed by atoms with Crippen molar-refractivity contribution >= 4 is 11.8 Å².